The summed E-state index contributed by atoms with van der Waals surface area (Å²) in [4.78, 5) is 37.2. The Hall–Kier alpha value is -3.65. The molecule has 0 radical (unpaired) electrons. The minimum atomic E-state index is -0.437. The highest BCUT2D eigenvalue weighted by Gasteiger charge is 2.13. The van der Waals surface area contributed by atoms with Gasteiger partial charge in [-0.1, -0.05) is 53.0 Å². The number of halogens is 3. The van der Waals surface area contributed by atoms with Crippen LogP contribution in [0.25, 0.3) is 0 Å². The molecule has 2 aromatic heterocycles. The van der Waals surface area contributed by atoms with Crippen LogP contribution in [0, 0.1) is 5.41 Å². The van der Waals surface area contributed by atoms with Gasteiger partial charge < -0.3 is 19.9 Å². The van der Waals surface area contributed by atoms with Crippen molar-refractivity contribution in [3.63, 3.8) is 0 Å². The number of hydrogen-bond acceptors (Lipinski definition) is 4. The third kappa shape index (κ3) is 6.57. The number of nitrogens with one attached hydrogen (secondary N) is 2. The lowest BCUT2D eigenvalue weighted by Gasteiger charge is -2.13. The van der Waals surface area contributed by atoms with E-state index in [1.54, 1.807) is 54.7 Å². The van der Waals surface area contributed by atoms with E-state index < -0.39 is 5.91 Å². The molecule has 188 valence electrons. The Kier molecular flexibility index (Phi) is 8.28. The third-order valence-electron chi connectivity index (χ3n) is 5.64. The lowest BCUT2D eigenvalue weighted by molar-refractivity contribution is 0.0958. The van der Waals surface area contributed by atoms with E-state index in [1.807, 2.05) is 0 Å². The van der Waals surface area contributed by atoms with Crippen LogP contribution in [0.15, 0.2) is 88.7 Å². The first-order chi connectivity index (χ1) is 17.7. The topological polar surface area (TPSA) is 97.0 Å². The first kappa shape index (κ1) is 26.4. The highest BCUT2D eigenvalue weighted by Crippen LogP contribution is 2.26. The van der Waals surface area contributed by atoms with E-state index >= 15 is 0 Å². The van der Waals surface area contributed by atoms with Gasteiger partial charge in [-0.15, -0.1) is 0 Å². The summed E-state index contributed by atoms with van der Waals surface area (Å²) in [5.41, 5.74) is 1.80. The number of hydrogen-bond donors (Lipinski definition) is 2. The standard InChI is InChI=1S/C27H21Cl3N4O3/c28-21-5-3-4-17(10-21)24(31)13-32-27(37)18-7-8-26(36)34(14-18)16-20-12-22(29)19(11-23(20)30)15-33-9-2-1-6-25(33)35/h1-12,14,31H,13,15-16H2,(H,32,37). The molecular formula is C27H21Cl3N4O3. The van der Waals surface area contributed by atoms with Gasteiger partial charge >= 0.3 is 0 Å². The van der Waals surface area contributed by atoms with Crippen molar-refractivity contribution < 1.29 is 4.79 Å². The molecule has 1 amide bonds. The molecule has 7 nitrogen and oxygen atoms in total. The van der Waals surface area contributed by atoms with Crippen LogP contribution >= 0.6 is 34.8 Å². The summed E-state index contributed by atoms with van der Waals surface area (Å²) in [6, 6.07) is 17.7. The molecule has 0 unspecified atom stereocenters. The molecule has 37 heavy (non-hydrogen) atoms. The molecule has 0 spiro atoms. The van der Waals surface area contributed by atoms with E-state index in [9.17, 15) is 14.4 Å². The fourth-order valence-corrected chi connectivity index (χ4v) is 4.35. The van der Waals surface area contributed by atoms with Gasteiger partial charge in [-0.25, -0.2) is 0 Å². The smallest absolute Gasteiger partial charge is 0.253 e. The van der Waals surface area contributed by atoms with Crippen LogP contribution in [0.3, 0.4) is 0 Å². The number of carbonyl (C=O) groups excluding carboxylic acids is 1. The van der Waals surface area contributed by atoms with Crippen molar-refractivity contribution >= 4 is 46.4 Å². The van der Waals surface area contributed by atoms with E-state index in [1.165, 1.54) is 33.5 Å². The molecule has 0 aliphatic rings. The van der Waals surface area contributed by atoms with Gasteiger partial charge in [0, 0.05) is 39.6 Å². The molecule has 0 aliphatic carbocycles. The summed E-state index contributed by atoms with van der Waals surface area (Å²) in [6.07, 6.45) is 3.09. The molecule has 0 saturated carbocycles. The predicted molar refractivity (Wildman–Crippen MR) is 147 cm³/mol. The lowest BCUT2D eigenvalue weighted by Crippen LogP contribution is -2.31. The maximum absolute atomic E-state index is 12.7. The van der Waals surface area contributed by atoms with Gasteiger partial charge in [-0.05, 0) is 53.1 Å². The van der Waals surface area contributed by atoms with Crippen molar-refractivity contribution in [1.29, 1.82) is 5.41 Å². The minimum Gasteiger partial charge on any atom is -0.346 e. The van der Waals surface area contributed by atoms with Crippen LogP contribution < -0.4 is 16.4 Å². The fraction of sp³-hybridized carbons (Fsp3) is 0.111. The highest BCUT2D eigenvalue weighted by atomic mass is 35.5. The maximum Gasteiger partial charge on any atom is 0.253 e. The molecular weight excluding hydrogens is 535 g/mol. The lowest BCUT2D eigenvalue weighted by atomic mass is 10.1. The van der Waals surface area contributed by atoms with Crippen LogP contribution in [-0.2, 0) is 13.1 Å². The molecule has 0 aliphatic heterocycles. The molecule has 0 saturated heterocycles. The predicted octanol–water partition coefficient (Wildman–Crippen LogP) is 4.86. The number of nitrogens with zero attached hydrogens (tertiary/aromatic N) is 2. The normalized spacial score (nSPS) is 10.8. The van der Waals surface area contributed by atoms with E-state index in [0.717, 1.165) is 0 Å². The Morgan fingerprint density at radius 2 is 1.46 bits per heavy atom. The summed E-state index contributed by atoms with van der Waals surface area (Å²) in [7, 11) is 0. The highest BCUT2D eigenvalue weighted by molar-refractivity contribution is 6.34. The van der Waals surface area contributed by atoms with Crippen LogP contribution in [-0.4, -0.2) is 27.3 Å². The van der Waals surface area contributed by atoms with Crippen molar-refractivity contribution in [3.05, 3.63) is 137 Å². The summed E-state index contributed by atoms with van der Waals surface area (Å²) in [5.74, 6) is -0.437. The molecule has 0 bridgehead atoms. The molecule has 10 heteroatoms. The van der Waals surface area contributed by atoms with Gasteiger partial charge in [-0.3, -0.25) is 14.4 Å². The van der Waals surface area contributed by atoms with E-state index in [2.05, 4.69) is 5.32 Å². The SMILES string of the molecule is N=C(CNC(=O)c1ccc(=O)n(Cc2cc(Cl)c(Cn3ccccc3=O)cc2Cl)c1)c1cccc(Cl)c1. The monoisotopic (exact) mass is 554 g/mol. The van der Waals surface area contributed by atoms with Gasteiger partial charge in [-0.2, -0.15) is 0 Å². The summed E-state index contributed by atoms with van der Waals surface area (Å²) < 4.78 is 2.87. The van der Waals surface area contributed by atoms with Gasteiger partial charge in [0.15, 0.2) is 0 Å². The third-order valence-corrected chi connectivity index (χ3v) is 6.58. The Morgan fingerprint density at radius 1 is 0.784 bits per heavy atom. The number of benzene rings is 2. The van der Waals surface area contributed by atoms with Crippen molar-refractivity contribution in [2.75, 3.05) is 6.54 Å². The molecule has 2 heterocycles. The largest absolute Gasteiger partial charge is 0.346 e. The van der Waals surface area contributed by atoms with Crippen LogP contribution in [0.1, 0.15) is 27.0 Å². The molecule has 0 atom stereocenters. The first-order valence-corrected chi connectivity index (χ1v) is 12.3. The summed E-state index contributed by atoms with van der Waals surface area (Å²) >= 11 is 18.9. The Morgan fingerprint density at radius 3 is 2.14 bits per heavy atom. The molecule has 4 aromatic rings. The van der Waals surface area contributed by atoms with E-state index in [-0.39, 0.29) is 42.0 Å². The van der Waals surface area contributed by atoms with Gasteiger partial charge in [0.1, 0.15) is 0 Å². The second-order valence-corrected chi connectivity index (χ2v) is 9.51. The zero-order valence-corrected chi connectivity index (χ0v) is 21.6. The quantitative estimate of drug-likeness (QED) is 0.304. The number of amides is 1. The van der Waals surface area contributed by atoms with Gasteiger partial charge in [0.25, 0.3) is 17.0 Å². The maximum atomic E-state index is 12.7. The average molecular weight is 556 g/mol. The summed E-state index contributed by atoms with van der Waals surface area (Å²) in [6.45, 7) is 0.326. The van der Waals surface area contributed by atoms with Gasteiger partial charge in [0.2, 0.25) is 0 Å². The van der Waals surface area contributed by atoms with Crippen molar-refractivity contribution in [2.45, 2.75) is 13.1 Å². The Labute approximate surface area is 227 Å². The zero-order chi connectivity index (χ0) is 26.5. The number of carbonyl (C=O) groups is 1. The minimum absolute atomic E-state index is 0.00823. The van der Waals surface area contributed by atoms with Crippen LogP contribution in [0.2, 0.25) is 15.1 Å². The van der Waals surface area contributed by atoms with Crippen molar-refractivity contribution in [2.24, 2.45) is 0 Å². The van der Waals surface area contributed by atoms with Crippen LogP contribution in [0.4, 0.5) is 0 Å². The first-order valence-electron chi connectivity index (χ1n) is 11.2. The average Bonchev–Trinajstić information content (AvgIpc) is 2.87. The van der Waals surface area contributed by atoms with Crippen LogP contribution in [0.5, 0.6) is 0 Å². The number of rotatable bonds is 8. The summed E-state index contributed by atoms with van der Waals surface area (Å²) in [5, 5.41) is 12.1. The Balaban J connectivity index is 1.49. The van der Waals surface area contributed by atoms with Crippen molar-refractivity contribution in [1.82, 2.24) is 14.5 Å². The second kappa shape index (κ2) is 11.6. The Bertz CT molecular complexity index is 1610. The number of aromatic nitrogens is 2. The van der Waals surface area contributed by atoms with E-state index in [0.29, 0.717) is 31.8 Å². The van der Waals surface area contributed by atoms with E-state index in [4.69, 9.17) is 40.2 Å². The molecule has 2 aromatic carbocycles. The second-order valence-electron chi connectivity index (χ2n) is 8.26. The van der Waals surface area contributed by atoms with Crippen molar-refractivity contribution in [3.8, 4) is 0 Å². The molecule has 2 N–H and O–H groups in total. The van der Waals surface area contributed by atoms with Gasteiger partial charge in [0.05, 0.1) is 30.9 Å². The fourth-order valence-electron chi connectivity index (χ4n) is 3.67. The number of pyridine rings is 2. The zero-order valence-electron chi connectivity index (χ0n) is 19.4. The molecule has 4 rings (SSSR count). The molecule has 0 fully saturated rings.